The van der Waals surface area contributed by atoms with E-state index in [4.69, 9.17) is 21.1 Å². The van der Waals surface area contributed by atoms with Gasteiger partial charge in [-0.3, -0.25) is 4.99 Å². The molecule has 2 N–H and O–H groups in total. The highest BCUT2D eigenvalue weighted by molar-refractivity contribution is 6.32. The first-order valence-corrected chi connectivity index (χ1v) is 10.7. The normalized spacial score (nSPS) is 22.6. The van der Waals surface area contributed by atoms with Crippen molar-refractivity contribution in [3.8, 4) is 0 Å². The molecule has 0 aromatic carbocycles. The zero-order chi connectivity index (χ0) is 19.6. The second-order valence-corrected chi connectivity index (χ2v) is 7.62. The van der Waals surface area contributed by atoms with Crippen LogP contribution in [0.1, 0.15) is 32.6 Å². The minimum atomic E-state index is 0.292. The second kappa shape index (κ2) is 11.4. The molecule has 1 aromatic rings. The quantitative estimate of drug-likeness (QED) is 0.371. The van der Waals surface area contributed by atoms with E-state index in [1.54, 1.807) is 6.20 Å². The Hall–Kier alpha value is -1.57. The molecule has 0 radical (unpaired) electrons. The molecule has 2 fully saturated rings. The van der Waals surface area contributed by atoms with Crippen molar-refractivity contribution in [1.82, 2.24) is 15.6 Å². The molecule has 0 aliphatic carbocycles. The third-order valence-corrected chi connectivity index (χ3v) is 5.25. The van der Waals surface area contributed by atoms with E-state index in [0.29, 0.717) is 23.8 Å². The first kappa shape index (κ1) is 21.1. The number of nitrogens with zero attached hydrogens (tertiary/aromatic N) is 3. The molecule has 2 atom stereocenters. The molecule has 7 nitrogen and oxygen atoms in total. The van der Waals surface area contributed by atoms with Crippen LogP contribution in [-0.2, 0) is 9.47 Å². The average molecular weight is 410 g/mol. The van der Waals surface area contributed by atoms with Gasteiger partial charge in [-0.15, -0.1) is 0 Å². The largest absolute Gasteiger partial charge is 0.379 e. The van der Waals surface area contributed by atoms with Crippen molar-refractivity contribution >= 4 is 23.4 Å². The highest BCUT2D eigenvalue weighted by Gasteiger charge is 2.25. The molecule has 8 heteroatoms. The Morgan fingerprint density at radius 3 is 3.18 bits per heavy atom. The molecule has 0 saturated carbocycles. The van der Waals surface area contributed by atoms with Crippen molar-refractivity contribution in [2.75, 3.05) is 50.9 Å². The molecular weight excluding hydrogens is 378 g/mol. The zero-order valence-corrected chi connectivity index (χ0v) is 17.5. The molecule has 0 bridgehead atoms. The lowest BCUT2D eigenvalue weighted by atomic mass is 10.2. The molecule has 2 unspecified atom stereocenters. The molecule has 2 aliphatic heterocycles. The first-order chi connectivity index (χ1) is 13.8. The summed E-state index contributed by atoms with van der Waals surface area (Å²) in [5, 5.41) is 7.57. The van der Waals surface area contributed by atoms with Gasteiger partial charge in [0.05, 0.1) is 17.7 Å². The van der Waals surface area contributed by atoms with E-state index >= 15 is 0 Å². The van der Waals surface area contributed by atoms with Crippen LogP contribution in [0.2, 0.25) is 5.02 Å². The van der Waals surface area contributed by atoms with Gasteiger partial charge in [0, 0.05) is 51.6 Å². The number of ether oxygens (including phenoxy) is 2. The Bertz CT molecular complexity index is 624. The van der Waals surface area contributed by atoms with Crippen molar-refractivity contribution < 1.29 is 9.47 Å². The van der Waals surface area contributed by atoms with Crippen LogP contribution in [0.3, 0.4) is 0 Å². The van der Waals surface area contributed by atoms with E-state index in [1.807, 2.05) is 12.1 Å². The van der Waals surface area contributed by atoms with Gasteiger partial charge in [-0.2, -0.15) is 0 Å². The molecule has 3 heterocycles. The summed E-state index contributed by atoms with van der Waals surface area (Å²) in [7, 11) is 0. The first-order valence-electron chi connectivity index (χ1n) is 10.4. The van der Waals surface area contributed by atoms with Gasteiger partial charge in [0.1, 0.15) is 5.82 Å². The Labute approximate surface area is 172 Å². The van der Waals surface area contributed by atoms with Crippen LogP contribution in [-0.4, -0.2) is 69.1 Å². The number of hydrogen-bond donors (Lipinski definition) is 2. The summed E-state index contributed by atoms with van der Waals surface area (Å²) < 4.78 is 11.3. The molecule has 156 valence electrons. The van der Waals surface area contributed by atoms with E-state index in [0.717, 1.165) is 76.9 Å². The van der Waals surface area contributed by atoms with Gasteiger partial charge in [-0.05, 0) is 44.7 Å². The van der Waals surface area contributed by atoms with Crippen LogP contribution in [0.15, 0.2) is 23.3 Å². The van der Waals surface area contributed by atoms with Crippen LogP contribution in [0.4, 0.5) is 5.82 Å². The molecule has 2 saturated heterocycles. The second-order valence-electron chi connectivity index (χ2n) is 7.21. The van der Waals surface area contributed by atoms with Crippen LogP contribution < -0.4 is 15.5 Å². The van der Waals surface area contributed by atoms with E-state index in [1.165, 1.54) is 0 Å². The summed E-state index contributed by atoms with van der Waals surface area (Å²) in [4.78, 5) is 11.3. The van der Waals surface area contributed by atoms with Gasteiger partial charge in [0.25, 0.3) is 0 Å². The number of pyridine rings is 1. The summed E-state index contributed by atoms with van der Waals surface area (Å²) >= 11 is 6.28. The molecule has 3 rings (SSSR count). The maximum absolute atomic E-state index is 6.28. The van der Waals surface area contributed by atoms with Crippen molar-refractivity contribution in [2.45, 2.75) is 44.8 Å². The minimum Gasteiger partial charge on any atom is -0.379 e. The molecular formula is C20H32ClN5O2. The summed E-state index contributed by atoms with van der Waals surface area (Å²) in [6.45, 7) is 7.76. The van der Waals surface area contributed by atoms with Gasteiger partial charge in [-0.1, -0.05) is 11.6 Å². The predicted octanol–water partition coefficient (Wildman–Crippen LogP) is 2.45. The Morgan fingerprint density at radius 2 is 2.39 bits per heavy atom. The fourth-order valence-electron chi connectivity index (χ4n) is 3.54. The zero-order valence-electron chi connectivity index (χ0n) is 16.7. The lowest BCUT2D eigenvalue weighted by molar-refractivity contribution is 0.0171. The molecule has 2 aliphatic rings. The van der Waals surface area contributed by atoms with Gasteiger partial charge in [-0.25, -0.2) is 4.98 Å². The summed E-state index contributed by atoms with van der Waals surface area (Å²) in [6.07, 6.45) is 6.29. The average Bonchev–Trinajstić information content (AvgIpc) is 3.37. The fraction of sp³-hybridized carbons (Fsp3) is 0.700. The maximum Gasteiger partial charge on any atom is 0.191 e. The van der Waals surface area contributed by atoms with E-state index < -0.39 is 0 Å². The van der Waals surface area contributed by atoms with Crippen LogP contribution in [0.25, 0.3) is 0 Å². The smallest absolute Gasteiger partial charge is 0.191 e. The number of guanidine groups is 1. The van der Waals surface area contributed by atoms with Gasteiger partial charge in [0.2, 0.25) is 0 Å². The molecule has 1 aromatic heterocycles. The molecule has 0 amide bonds. The lowest BCUT2D eigenvalue weighted by Gasteiger charge is -2.20. The number of nitrogens with one attached hydrogen (secondary N) is 2. The summed E-state index contributed by atoms with van der Waals surface area (Å²) in [6, 6.07) is 4.07. The standard InChI is InChI=1S/C20H32ClN5O2/c1-2-22-20(24-10-5-12-27-15-17-6-4-13-28-17)25-16-8-11-26(14-16)19-18(21)7-3-9-23-19/h3,7,9,16-17H,2,4-6,8,10-15H2,1H3,(H2,22,24,25). The Balaban J connectivity index is 1.38. The fourth-order valence-corrected chi connectivity index (χ4v) is 3.78. The molecule has 28 heavy (non-hydrogen) atoms. The molecule has 0 spiro atoms. The monoisotopic (exact) mass is 409 g/mol. The number of hydrogen-bond acceptors (Lipinski definition) is 5. The van der Waals surface area contributed by atoms with Gasteiger partial charge < -0.3 is 25.0 Å². The lowest BCUT2D eigenvalue weighted by Crippen LogP contribution is -2.44. The Morgan fingerprint density at radius 1 is 1.46 bits per heavy atom. The summed E-state index contributed by atoms with van der Waals surface area (Å²) in [5.41, 5.74) is 0. The number of anilines is 1. The number of aliphatic imine (C=N–C) groups is 1. The van der Waals surface area contributed by atoms with Crippen molar-refractivity contribution in [1.29, 1.82) is 0 Å². The topological polar surface area (TPSA) is 71.0 Å². The van der Waals surface area contributed by atoms with Crippen LogP contribution >= 0.6 is 11.6 Å². The van der Waals surface area contributed by atoms with E-state index in [-0.39, 0.29) is 0 Å². The predicted molar refractivity (Wildman–Crippen MR) is 113 cm³/mol. The Kier molecular flexibility index (Phi) is 8.64. The van der Waals surface area contributed by atoms with Crippen LogP contribution in [0.5, 0.6) is 0 Å². The number of halogens is 1. The minimum absolute atomic E-state index is 0.292. The van der Waals surface area contributed by atoms with Crippen molar-refractivity contribution in [2.24, 2.45) is 4.99 Å². The third-order valence-electron chi connectivity index (χ3n) is 4.96. The van der Waals surface area contributed by atoms with Crippen molar-refractivity contribution in [3.05, 3.63) is 23.4 Å². The van der Waals surface area contributed by atoms with Crippen LogP contribution in [0, 0.1) is 0 Å². The number of aromatic nitrogens is 1. The summed E-state index contributed by atoms with van der Waals surface area (Å²) in [5.74, 6) is 1.72. The van der Waals surface area contributed by atoms with Crippen molar-refractivity contribution in [3.63, 3.8) is 0 Å². The third kappa shape index (κ3) is 6.50. The SMILES string of the molecule is CCNC(=NCCCOCC1CCCO1)NC1CCN(c2ncccc2Cl)C1. The van der Waals surface area contributed by atoms with Gasteiger partial charge >= 0.3 is 0 Å². The number of rotatable bonds is 9. The highest BCUT2D eigenvalue weighted by atomic mass is 35.5. The maximum atomic E-state index is 6.28. The van der Waals surface area contributed by atoms with Gasteiger partial charge in [0.15, 0.2) is 5.96 Å². The van der Waals surface area contributed by atoms with E-state index in [2.05, 4.69) is 32.4 Å². The highest BCUT2D eigenvalue weighted by Crippen LogP contribution is 2.25. The van der Waals surface area contributed by atoms with E-state index in [9.17, 15) is 0 Å².